The summed E-state index contributed by atoms with van der Waals surface area (Å²) in [5, 5.41) is 0. The van der Waals surface area contributed by atoms with Crippen molar-refractivity contribution in [1.82, 2.24) is 0 Å². The summed E-state index contributed by atoms with van der Waals surface area (Å²) in [5.41, 5.74) is 8.50. The monoisotopic (exact) mass is 246 g/mol. The van der Waals surface area contributed by atoms with Gasteiger partial charge in [0, 0.05) is 25.3 Å². The summed E-state index contributed by atoms with van der Waals surface area (Å²) < 4.78 is 5.65. The van der Waals surface area contributed by atoms with Gasteiger partial charge >= 0.3 is 0 Å². The number of nitrogens with zero attached hydrogens (tertiary/aromatic N) is 1. The Bertz CT molecular complexity index is 427. The van der Waals surface area contributed by atoms with Gasteiger partial charge in [-0.3, -0.25) is 0 Å². The summed E-state index contributed by atoms with van der Waals surface area (Å²) in [4.78, 5) is 2.35. The maximum atomic E-state index is 5.84. The minimum atomic E-state index is 0.445. The first kappa shape index (κ1) is 11.8. The van der Waals surface area contributed by atoms with Crippen LogP contribution in [0.4, 0.5) is 5.69 Å². The number of fused-ring (bicyclic) bond motifs is 1. The number of hydrogen-bond acceptors (Lipinski definition) is 3. The standard InChI is InChI=1S/C15H22N2O/c1-17(10-11-7-13(16)8-11)14-4-5-15-12(9-14)3-2-6-18-15/h4-5,9,11,13H,2-3,6-8,10,16H2,1H3. The van der Waals surface area contributed by atoms with Gasteiger partial charge in [0.05, 0.1) is 6.61 Å². The smallest absolute Gasteiger partial charge is 0.122 e. The maximum Gasteiger partial charge on any atom is 0.122 e. The number of hydrogen-bond donors (Lipinski definition) is 1. The van der Waals surface area contributed by atoms with E-state index >= 15 is 0 Å². The largest absolute Gasteiger partial charge is 0.493 e. The molecule has 1 aromatic carbocycles. The Morgan fingerprint density at radius 2 is 2.22 bits per heavy atom. The highest BCUT2D eigenvalue weighted by Crippen LogP contribution is 2.31. The molecule has 1 fully saturated rings. The second kappa shape index (κ2) is 4.81. The molecule has 1 aliphatic heterocycles. The molecule has 0 radical (unpaired) electrons. The molecule has 3 rings (SSSR count). The molecule has 0 unspecified atom stereocenters. The molecule has 0 atom stereocenters. The SMILES string of the molecule is CN(CC1CC(N)C1)c1ccc2c(c1)CCCO2. The average Bonchev–Trinajstić information content (AvgIpc) is 2.36. The number of aryl methyl sites for hydroxylation is 1. The minimum Gasteiger partial charge on any atom is -0.493 e. The van der Waals surface area contributed by atoms with Crippen LogP contribution in [0.2, 0.25) is 0 Å². The van der Waals surface area contributed by atoms with Crippen molar-refractivity contribution in [3.63, 3.8) is 0 Å². The number of rotatable bonds is 3. The van der Waals surface area contributed by atoms with E-state index in [9.17, 15) is 0 Å². The first-order valence-corrected chi connectivity index (χ1v) is 6.95. The predicted molar refractivity (Wildman–Crippen MR) is 74.2 cm³/mol. The lowest BCUT2D eigenvalue weighted by molar-refractivity contribution is 0.271. The topological polar surface area (TPSA) is 38.5 Å². The third-order valence-electron chi connectivity index (χ3n) is 4.14. The molecule has 0 amide bonds. The van der Waals surface area contributed by atoms with Crippen LogP contribution < -0.4 is 15.4 Å². The summed E-state index contributed by atoms with van der Waals surface area (Å²) >= 11 is 0. The summed E-state index contributed by atoms with van der Waals surface area (Å²) in [6.07, 6.45) is 4.64. The zero-order chi connectivity index (χ0) is 12.5. The van der Waals surface area contributed by atoms with Crippen molar-refractivity contribution in [2.75, 3.05) is 25.1 Å². The van der Waals surface area contributed by atoms with Crippen molar-refractivity contribution in [2.24, 2.45) is 11.7 Å². The first-order chi connectivity index (χ1) is 8.72. The van der Waals surface area contributed by atoms with Crippen molar-refractivity contribution in [2.45, 2.75) is 31.7 Å². The van der Waals surface area contributed by atoms with Gasteiger partial charge in [-0.2, -0.15) is 0 Å². The molecule has 0 saturated heterocycles. The van der Waals surface area contributed by atoms with E-state index in [0.29, 0.717) is 6.04 Å². The van der Waals surface area contributed by atoms with Gasteiger partial charge in [-0.1, -0.05) is 0 Å². The second-order valence-corrected chi connectivity index (χ2v) is 5.72. The molecule has 0 aromatic heterocycles. The van der Waals surface area contributed by atoms with Crippen LogP contribution in [0.1, 0.15) is 24.8 Å². The van der Waals surface area contributed by atoms with Crippen LogP contribution in [0.3, 0.4) is 0 Å². The molecule has 3 heteroatoms. The highest BCUT2D eigenvalue weighted by atomic mass is 16.5. The third kappa shape index (κ3) is 2.32. The van der Waals surface area contributed by atoms with E-state index in [0.717, 1.165) is 37.7 Å². The van der Waals surface area contributed by atoms with E-state index in [1.165, 1.54) is 24.1 Å². The van der Waals surface area contributed by atoms with Crippen LogP contribution in [0.25, 0.3) is 0 Å². The van der Waals surface area contributed by atoms with Crippen molar-refractivity contribution in [1.29, 1.82) is 0 Å². The van der Waals surface area contributed by atoms with Crippen LogP contribution >= 0.6 is 0 Å². The molecule has 1 aliphatic carbocycles. The predicted octanol–water partition coefficient (Wildman–Crippen LogP) is 2.19. The van der Waals surface area contributed by atoms with Gasteiger partial charge < -0.3 is 15.4 Å². The Balaban J connectivity index is 1.67. The number of anilines is 1. The van der Waals surface area contributed by atoms with Crippen LogP contribution in [0.5, 0.6) is 5.75 Å². The van der Waals surface area contributed by atoms with E-state index < -0.39 is 0 Å². The normalized spacial score (nSPS) is 25.9. The average molecular weight is 246 g/mol. The third-order valence-corrected chi connectivity index (χ3v) is 4.14. The molecule has 3 nitrogen and oxygen atoms in total. The second-order valence-electron chi connectivity index (χ2n) is 5.72. The fourth-order valence-corrected chi connectivity index (χ4v) is 3.01. The van der Waals surface area contributed by atoms with Gasteiger partial charge in [-0.15, -0.1) is 0 Å². The summed E-state index contributed by atoms with van der Waals surface area (Å²) in [5.74, 6) is 1.85. The maximum absolute atomic E-state index is 5.84. The summed E-state index contributed by atoms with van der Waals surface area (Å²) in [7, 11) is 2.18. The fourth-order valence-electron chi connectivity index (χ4n) is 3.01. The number of ether oxygens (including phenoxy) is 1. The van der Waals surface area contributed by atoms with Gasteiger partial charge in [0.15, 0.2) is 0 Å². The van der Waals surface area contributed by atoms with Gasteiger partial charge in [0.2, 0.25) is 0 Å². The van der Waals surface area contributed by atoms with Gasteiger partial charge in [-0.05, 0) is 55.4 Å². The summed E-state index contributed by atoms with van der Waals surface area (Å²) in [6, 6.07) is 7.02. The summed E-state index contributed by atoms with van der Waals surface area (Å²) in [6.45, 7) is 1.98. The van der Waals surface area contributed by atoms with E-state index in [1.807, 2.05) is 0 Å². The van der Waals surface area contributed by atoms with Crippen molar-refractivity contribution >= 4 is 5.69 Å². The Labute approximate surface area is 109 Å². The van der Waals surface area contributed by atoms with Gasteiger partial charge in [0.25, 0.3) is 0 Å². The van der Waals surface area contributed by atoms with Crippen molar-refractivity contribution in [3.05, 3.63) is 23.8 Å². The van der Waals surface area contributed by atoms with Crippen molar-refractivity contribution in [3.8, 4) is 5.75 Å². The van der Waals surface area contributed by atoms with Crippen LogP contribution in [-0.4, -0.2) is 26.2 Å². The lowest BCUT2D eigenvalue weighted by atomic mass is 9.80. The van der Waals surface area contributed by atoms with Crippen molar-refractivity contribution < 1.29 is 4.74 Å². The Morgan fingerprint density at radius 3 is 3.00 bits per heavy atom. The quantitative estimate of drug-likeness (QED) is 0.888. The Kier molecular flexibility index (Phi) is 3.16. The van der Waals surface area contributed by atoms with E-state index in [2.05, 4.69) is 30.1 Å². The molecule has 0 bridgehead atoms. The fraction of sp³-hybridized carbons (Fsp3) is 0.600. The van der Waals surface area contributed by atoms with Crippen LogP contribution in [-0.2, 0) is 6.42 Å². The number of nitrogens with two attached hydrogens (primary N) is 1. The number of benzene rings is 1. The lowest BCUT2D eigenvalue weighted by Crippen LogP contribution is -2.41. The first-order valence-electron chi connectivity index (χ1n) is 6.95. The molecule has 98 valence electrons. The zero-order valence-corrected chi connectivity index (χ0v) is 11.1. The van der Waals surface area contributed by atoms with Crippen LogP contribution in [0.15, 0.2) is 18.2 Å². The minimum absolute atomic E-state index is 0.445. The molecule has 1 saturated carbocycles. The molecule has 18 heavy (non-hydrogen) atoms. The van der Waals surface area contributed by atoms with Gasteiger partial charge in [0.1, 0.15) is 5.75 Å². The molecule has 2 aliphatic rings. The van der Waals surface area contributed by atoms with Gasteiger partial charge in [-0.25, -0.2) is 0 Å². The molecule has 2 N–H and O–H groups in total. The highest BCUT2D eigenvalue weighted by molar-refractivity contribution is 5.53. The Hall–Kier alpha value is -1.22. The van der Waals surface area contributed by atoms with E-state index in [4.69, 9.17) is 10.5 Å². The van der Waals surface area contributed by atoms with E-state index in [1.54, 1.807) is 0 Å². The molecular formula is C15H22N2O. The van der Waals surface area contributed by atoms with Crippen LogP contribution in [0, 0.1) is 5.92 Å². The highest BCUT2D eigenvalue weighted by Gasteiger charge is 2.27. The lowest BCUT2D eigenvalue weighted by Gasteiger charge is -2.36. The zero-order valence-electron chi connectivity index (χ0n) is 11.1. The van der Waals surface area contributed by atoms with E-state index in [-0.39, 0.29) is 0 Å². The molecule has 1 aromatic rings. The Morgan fingerprint density at radius 1 is 1.39 bits per heavy atom. The molecule has 0 spiro atoms. The molecular weight excluding hydrogens is 224 g/mol. The molecule has 1 heterocycles.